The fourth-order valence-electron chi connectivity index (χ4n) is 2.66. The average Bonchev–Trinajstić information content (AvgIpc) is 2.98. The highest BCUT2D eigenvalue weighted by atomic mass is 32.1. The van der Waals surface area contributed by atoms with Crippen molar-refractivity contribution in [3.05, 3.63) is 85.2 Å². The number of rotatable bonds is 5. The molecule has 0 aliphatic carbocycles. The number of nitrogens with zero attached hydrogens (tertiary/aromatic N) is 4. The van der Waals surface area contributed by atoms with E-state index in [1.165, 1.54) is 30.3 Å². The van der Waals surface area contributed by atoms with Crippen molar-refractivity contribution in [1.82, 2.24) is 4.57 Å². The molecule has 2 aromatic carbocycles. The number of fused-ring (bicyclic) bond motifs is 1. The van der Waals surface area contributed by atoms with Gasteiger partial charge in [-0.15, -0.1) is 6.58 Å². The van der Waals surface area contributed by atoms with E-state index in [-0.39, 0.29) is 16.9 Å². The third kappa shape index (κ3) is 3.58. The van der Waals surface area contributed by atoms with Gasteiger partial charge in [-0.2, -0.15) is 4.99 Å². The number of nitro benzene ring substituents is 2. The molecule has 0 aliphatic heterocycles. The second-order valence-electron chi connectivity index (χ2n) is 5.87. The molecule has 0 radical (unpaired) electrons. The first-order chi connectivity index (χ1) is 13.3. The summed E-state index contributed by atoms with van der Waals surface area (Å²) in [5.41, 5.74) is 0.985. The molecule has 1 amide bonds. The average molecular weight is 398 g/mol. The largest absolute Gasteiger partial charge is 0.312 e. The highest BCUT2D eigenvalue weighted by Gasteiger charge is 2.16. The SMILES string of the molecule is C=CCn1c(=NC(=O)c2ccc(C)c([N+](=O)[O-])c2)sc2cc([N+](=O)[O-])ccc21. The summed E-state index contributed by atoms with van der Waals surface area (Å²) in [6.45, 7) is 5.61. The minimum Gasteiger partial charge on any atom is -0.312 e. The van der Waals surface area contributed by atoms with Gasteiger partial charge in [0.15, 0.2) is 4.80 Å². The maximum Gasteiger partial charge on any atom is 0.279 e. The fourth-order valence-corrected chi connectivity index (χ4v) is 3.73. The van der Waals surface area contributed by atoms with Crippen LogP contribution in [0.2, 0.25) is 0 Å². The van der Waals surface area contributed by atoms with Gasteiger partial charge in [0.05, 0.1) is 20.1 Å². The predicted octanol–water partition coefficient (Wildman–Crippen LogP) is 3.75. The van der Waals surface area contributed by atoms with E-state index < -0.39 is 15.8 Å². The van der Waals surface area contributed by atoms with Crippen LogP contribution in [-0.4, -0.2) is 20.3 Å². The molecule has 0 atom stereocenters. The zero-order valence-corrected chi connectivity index (χ0v) is 15.5. The first-order valence-corrected chi connectivity index (χ1v) is 8.86. The number of thiazole rings is 1. The van der Waals surface area contributed by atoms with Gasteiger partial charge in [0.2, 0.25) is 0 Å². The van der Waals surface area contributed by atoms with Crippen molar-refractivity contribution in [3.8, 4) is 0 Å². The first kappa shape index (κ1) is 19.1. The molecule has 3 aromatic rings. The maximum atomic E-state index is 12.6. The monoisotopic (exact) mass is 398 g/mol. The van der Waals surface area contributed by atoms with Crippen LogP contribution in [0.25, 0.3) is 10.2 Å². The standard InChI is InChI=1S/C18H14N4O5S/c1-3-8-20-14-7-6-13(21(24)25)10-16(14)28-18(20)19-17(23)12-5-4-11(2)15(9-12)22(26)27/h3-7,9-10H,1,8H2,2H3. The van der Waals surface area contributed by atoms with Crippen LogP contribution >= 0.6 is 11.3 Å². The molecule has 0 spiro atoms. The topological polar surface area (TPSA) is 121 Å². The van der Waals surface area contributed by atoms with Crippen molar-refractivity contribution >= 4 is 38.8 Å². The second-order valence-corrected chi connectivity index (χ2v) is 6.88. The highest BCUT2D eigenvalue weighted by molar-refractivity contribution is 7.16. The number of hydrogen-bond donors (Lipinski definition) is 0. The van der Waals surface area contributed by atoms with Crippen LogP contribution in [0.15, 0.2) is 54.0 Å². The van der Waals surface area contributed by atoms with Crippen LogP contribution < -0.4 is 4.80 Å². The number of aryl methyl sites for hydroxylation is 1. The Balaban J connectivity index is 2.14. The van der Waals surface area contributed by atoms with E-state index in [1.807, 2.05) is 0 Å². The number of benzene rings is 2. The van der Waals surface area contributed by atoms with Gasteiger partial charge < -0.3 is 4.57 Å². The van der Waals surface area contributed by atoms with Gasteiger partial charge in [0.1, 0.15) is 0 Å². The summed E-state index contributed by atoms with van der Waals surface area (Å²) in [4.78, 5) is 38.0. The van der Waals surface area contributed by atoms with E-state index in [0.29, 0.717) is 27.1 Å². The molecule has 0 saturated carbocycles. The molecule has 0 fully saturated rings. The maximum absolute atomic E-state index is 12.6. The lowest BCUT2D eigenvalue weighted by molar-refractivity contribution is -0.385. The molecular weight excluding hydrogens is 384 g/mol. The molecule has 1 heterocycles. The Labute approximate surface area is 162 Å². The van der Waals surface area contributed by atoms with Crippen LogP contribution in [0.1, 0.15) is 15.9 Å². The molecule has 0 unspecified atom stereocenters. The zero-order valence-electron chi connectivity index (χ0n) is 14.7. The van der Waals surface area contributed by atoms with Crippen molar-refractivity contribution in [2.24, 2.45) is 4.99 Å². The van der Waals surface area contributed by atoms with E-state index in [0.717, 1.165) is 11.3 Å². The Morgan fingerprint density at radius 2 is 1.96 bits per heavy atom. The van der Waals surface area contributed by atoms with Crippen LogP contribution in [0, 0.1) is 27.2 Å². The Morgan fingerprint density at radius 1 is 1.21 bits per heavy atom. The van der Waals surface area contributed by atoms with Crippen molar-refractivity contribution in [2.45, 2.75) is 13.5 Å². The van der Waals surface area contributed by atoms with Gasteiger partial charge in [0, 0.05) is 35.9 Å². The molecule has 10 heteroatoms. The number of nitro groups is 2. The summed E-state index contributed by atoms with van der Waals surface area (Å²) in [6.07, 6.45) is 1.62. The molecule has 0 saturated heterocycles. The minimum atomic E-state index is -0.637. The molecule has 28 heavy (non-hydrogen) atoms. The van der Waals surface area contributed by atoms with Gasteiger partial charge in [-0.3, -0.25) is 25.0 Å². The number of carbonyl (C=O) groups is 1. The third-order valence-electron chi connectivity index (χ3n) is 4.04. The van der Waals surface area contributed by atoms with Gasteiger partial charge in [0.25, 0.3) is 17.3 Å². The van der Waals surface area contributed by atoms with E-state index >= 15 is 0 Å². The van der Waals surface area contributed by atoms with E-state index in [9.17, 15) is 25.0 Å². The van der Waals surface area contributed by atoms with Crippen molar-refractivity contribution in [2.75, 3.05) is 0 Å². The summed E-state index contributed by atoms with van der Waals surface area (Å²) >= 11 is 1.12. The summed E-state index contributed by atoms with van der Waals surface area (Å²) in [5.74, 6) is -0.637. The lowest BCUT2D eigenvalue weighted by Crippen LogP contribution is -2.16. The summed E-state index contributed by atoms with van der Waals surface area (Å²) in [7, 11) is 0. The normalized spacial score (nSPS) is 11.5. The second kappa shape index (κ2) is 7.53. The summed E-state index contributed by atoms with van der Waals surface area (Å²) < 4.78 is 2.30. The first-order valence-electron chi connectivity index (χ1n) is 8.04. The number of hydrogen-bond acceptors (Lipinski definition) is 6. The number of non-ortho nitro benzene ring substituents is 1. The van der Waals surface area contributed by atoms with Gasteiger partial charge in [-0.1, -0.05) is 23.5 Å². The summed E-state index contributed by atoms with van der Waals surface area (Å²) in [6, 6.07) is 8.55. The van der Waals surface area contributed by atoms with Gasteiger partial charge >= 0.3 is 0 Å². The number of carbonyl (C=O) groups excluding carboxylic acids is 1. The smallest absolute Gasteiger partial charge is 0.279 e. The number of allylic oxidation sites excluding steroid dienone is 1. The zero-order chi connectivity index (χ0) is 20.4. The van der Waals surface area contributed by atoms with Gasteiger partial charge in [-0.25, -0.2) is 0 Å². The Morgan fingerprint density at radius 3 is 2.61 bits per heavy atom. The van der Waals surface area contributed by atoms with Crippen molar-refractivity contribution in [3.63, 3.8) is 0 Å². The Kier molecular flexibility index (Phi) is 5.14. The lowest BCUT2D eigenvalue weighted by atomic mass is 10.1. The molecule has 0 aliphatic rings. The van der Waals surface area contributed by atoms with Crippen LogP contribution in [0.5, 0.6) is 0 Å². The van der Waals surface area contributed by atoms with Crippen LogP contribution in [0.3, 0.4) is 0 Å². The molecule has 142 valence electrons. The van der Waals surface area contributed by atoms with E-state index in [4.69, 9.17) is 0 Å². The highest BCUT2D eigenvalue weighted by Crippen LogP contribution is 2.24. The van der Waals surface area contributed by atoms with Gasteiger partial charge in [-0.05, 0) is 19.1 Å². The molecule has 9 nitrogen and oxygen atoms in total. The van der Waals surface area contributed by atoms with Crippen molar-refractivity contribution in [1.29, 1.82) is 0 Å². The van der Waals surface area contributed by atoms with E-state index in [1.54, 1.807) is 23.6 Å². The quantitative estimate of drug-likeness (QED) is 0.368. The Hall–Kier alpha value is -3.66. The third-order valence-corrected chi connectivity index (χ3v) is 5.08. The molecule has 1 aromatic heterocycles. The minimum absolute atomic E-state index is 0.0634. The molecule has 0 bridgehead atoms. The van der Waals surface area contributed by atoms with E-state index in [2.05, 4.69) is 11.6 Å². The predicted molar refractivity (Wildman–Crippen MR) is 104 cm³/mol. The lowest BCUT2D eigenvalue weighted by Gasteiger charge is -2.01. The molecular formula is C18H14N4O5S. The Bertz CT molecular complexity index is 1210. The molecule has 3 rings (SSSR count). The van der Waals surface area contributed by atoms with Crippen molar-refractivity contribution < 1.29 is 14.6 Å². The summed E-state index contributed by atoms with van der Waals surface area (Å²) in [5, 5.41) is 22.1. The number of aromatic nitrogens is 1. The van der Waals surface area contributed by atoms with Crippen LogP contribution in [0.4, 0.5) is 11.4 Å². The molecule has 0 N–H and O–H groups in total. The fraction of sp³-hybridized carbons (Fsp3) is 0.111. The van der Waals surface area contributed by atoms with Crippen LogP contribution in [-0.2, 0) is 6.54 Å². The number of amides is 1.